The molecule has 0 amide bonds. The molecule has 16 heavy (non-hydrogen) atoms. The van der Waals surface area contributed by atoms with E-state index in [2.05, 4.69) is 10.1 Å². The maximum absolute atomic E-state index is 12.9. The Morgan fingerprint density at radius 1 is 1.56 bits per heavy atom. The minimum atomic E-state index is -0.512. The Morgan fingerprint density at radius 3 is 2.81 bits per heavy atom. The fraction of sp³-hybridized carbons (Fsp3) is 0.364. The molecule has 0 aliphatic rings. The van der Waals surface area contributed by atoms with Crippen molar-refractivity contribution in [3.05, 3.63) is 29.6 Å². The number of methoxy groups -OCH3 is 1. The first-order valence-corrected chi connectivity index (χ1v) is 4.82. The first kappa shape index (κ1) is 12.4. The maximum Gasteiger partial charge on any atom is 0.322 e. The molecule has 1 aromatic carbocycles. The van der Waals surface area contributed by atoms with Gasteiger partial charge in [0, 0.05) is 12.6 Å². The summed E-state index contributed by atoms with van der Waals surface area (Å²) in [5.74, 6) is -1.04. The van der Waals surface area contributed by atoms with Crippen LogP contribution in [0.5, 0.6) is 5.75 Å². The number of benzene rings is 1. The highest BCUT2D eigenvalue weighted by atomic mass is 19.1. The van der Waals surface area contributed by atoms with E-state index >= 15 is 0 Å². The Bertz CT molecular complexity index is 361. The van der Waals surface area contributed by atoms with Crippen molar-refractivity contribution < 1.29 is 19.0 Å². The fourth-order valence-corrected chi connectivity index (χ4v) is 1.27. The van der Waals surface area contributed by atoms with Gasteiger partial charge >= 0.3 is 5.97 Å². The van der Waals surface area contributed by atoms with Crippen molar-refractivity contribution in [2.45, 2.75) is 19.5 Å². The number of aromatic hydroxyl groups is 1. The van der Waals surface area contributed by atoms with Crippen LogP contribution in [0.4, 0.5) is 4.39 Å². The Kier molecular flexibility index (Phi) is 4.25. The van der Waals surface area contributed by atoms with Gasteiger partial charge in [-0.25, -0.2) is 4.39 Å². The van der Waals surface area contributed by atoms with Crippen molar-refractivity contribution in [3.63, 3.8) is 0 Å². The second-order valence-electron chi connectivity index (χ2n) is 3.44. The first-order valence-electron chi connectivity index (χ1n) is 4.82. The second-order valence-corrected chi connectivity index (χ2v) is 3.44. The van der Waals surface area contributed by atoms with E-state index in [1.807, 2.05) is 0 Å². The highest BCUT2D eigenvalue weighted by Crippen LogP contribution is 2.14. The van der Waals surface area contributed by atoms with Crippen LogP contribution in [0.25, 0.3) is 0 Å². The van der Waals surface area contributed by atoms with Crippen LogP contribution in [0.3, 0.4) is 0 Å². The Balaban J connectivity index is 2.57. The smallest absolute Gasteiger partial charge is 0.322 e. The van der Waals surface area contributed by atoms with Crippen LogP contribution in [-0.4, -0.2) is 24.2 Å². The molecule has 0 saturated heterocycles. The molecule has 2 N–H and O–H groups in total. The molecule has 4 nitrogen and oxygen atoms in total. The standard InChI is InChI=1S/C11H14FNO3/c1-7(11(15)16-2)13-6-8-3-9(12)5-10(14)4-8/h3-5,7,13-14H,6H2,1-2H3/t7-/m1/s1. The van der Waals surface area contributed by atoms with Crippen LogP contribution < -0.4 is 5.32 Å². The van der Waals surface area contributed by atoms with Gasteiger partial charge in [0.2, 0.25) is 0 Å². The SMILES string of the molecule is COC(=O)[C@@H](C)NCc1cc(O)cc(F)c1. The van der Waals surface area contributed by atoms with Crippen LogP contribution in [0.15, 0.2) is 18.2 Å². The van der Waals surface area contributed by atoms with Crippen molar-refractivity contribution >= 4 is 5.97 Å². The third kappa shape index (κ3) is 3.51. The quantitative estimate of drug-likeness (QED) is 0.758. The van der Waals surface area contributed by atoms with Gasteiger partial charge in [-0.3, -0.25) is 4.79 Å². The number of phenols is 1. The number of esters is 1. The summed E-state index contributed by atoms with van der Waals surface area (Å²) in [7, 11) is 1.30. The molecule has 0 unspecified atom stereocenters. The van der Waals surface area contributed by atoms with Gasteiger partial charge in [-0.2, -0.15) is 0 Å². The van der Waals surface area contributed by atoms with E-state index in [1.165, 1.54) is 19.2 Å². The van der Waals surface area contributed by atoms with Crippen LogP contribution >= 0.6 is 0 Å². The van der Waals surface area contributed by atoms with Crippen molar-refractivity contribution in [2.75, 3.05) is 7.11 Å². The van der Waals surface area contributed by atoms with Gasteiger partial charge in [0.15, 0.2) is 0 Å². The summed E-state index contributed by atoms with van der Waals surface area (Å²) in [5, 5.41) is 12.0. The second kappa shape index (κ2) is 5.46. The largest absolute Gasteiger partial charge is 0.508 e. The first-order chi connectivity index (χ1) is 7.52. The maximum atomic E-state index is 12.9. The van der Waals surface area contributed by atoms with Gasteiger partial charge in [0.25, 0.3) is 0 Å². The number of phenolic OH excluding ortho intramolecular Hbond substituents is 1. The average molecular weight is 227 g/mol. The lowest BCUT2D eigenvalue weighted by Crippen LogP contribution is -2.34. The van der Waals surface area contributed by atoms with E-state index in [1.54, 1.807) is 6.92 Å². The van der Waals surface area contributed by atoms with Crippen molar-refractivity contribution in [1.29, 1.82) is 0 Å². The van der Waals surface area contributed by atoms with Crippen molar-refractivity contribution in [2.24, 2.45) is 0 Å². The van der Waals surface area contributed by atoms with Crippen LogP contribution in [0.1, 0.15) is 12.5 Å². The van der Waals surface area contributed by atoms with E-state index in [0.29, 0.717) is 5.56 Å². The molecule has 0 aliphatic heterocycles. The summed E-state index contributed by atoms with van der Waals surface area (Å²) in [6, 6.07) is 3.26. The molecule has 1 atom stereocenters. The Hall–Kier alpha value is -1.62. The number of rotatable bonds is 4. The average Bonchev–Trinajstić information content (AvgIpc) is 2.23. The number of carbonyl (C=O) groups excluding carboxylic acids is 1. The van der Waals surface area contributed by atoms with Gasteiger partial charge in [0.05, 0.1) is 7.11 Å². The van der Waals surface area contributed by atoms with E-state index in [4.69, 9.17) is 5.11 Å². The number of carbonyl (C=O) groups is 1. The Labute approximate surface area is 93.0 Å². The molecule has 0 aliphatic carbocycles. The lowest BCUT2D eigenvalue weighted by molar-refractivity contribution is -0.142. The molecular formula is C11H14FNO3. The van der Waals surface area contributed by atoms with Gasteiger partial charge < -0.3 is 15.2 Å². The summed E-state index contributed by atoms with van der Waals surface area (Å²) in [5.41, 5.74) is 0.563. The van der Waals surface area contributed by atoms with E-state index in [-0.39, 0.29) is 18.3 Å². The number of ether oxygens (including phenoxy) is 1. The molecule has 0 heterocycles. The Morgan fingerprint density at radius 2 is 2.25 bits per heavy atom. The number of hydrogen-bond donors (Lipinski definition) is 2. The molecule has 0 radical (unpaired) electrons. The monoisotopic (exact) mass is 227 g/mol. The molecular weight excluding hydrogens is 213 g/mol. The summed E-state index contributed by atoms with van der Waals surface area (Å²) in [4.78, 5) is 11.1. The zero-order valence-corrected chi connectivity index (χ0v) is 9.16. The molecule has 0 fully saturated rings. The van der Waals surface area contributed by atoms with E-state index in [9.17, 15) is 9.18 Å². The molecule has 1 aromatic rings. The predicted octanol–water partition coefficient (Wildman–Crippen LogP) is 1.18. The third-order valence-corrected chi connectivity index (χ3v) is 2.11. The molecule has 0 aromatic heterocycles. The summed E-state index contributed by atoms with van der Waals surface area (Å²) < 4.78 is 17.4. The number of nitrogens with one attached hydrogen (secondary N) is 1. The van der Waals surface area contributed by atoms with Crippen molar-refractivity contribution in [3.8, 4) is 5.75 Å². The van der Waals surface area contributed by atoms with Gasteiger partial charge in [-0.05, 0) is 24.6 Å². The predicted molar refractivity (Wildman–Crippen MR) is 56.4 cm³/mol. The molecule has 1 rings (SSSR count). The number of hydrogen-bond acceptors (Lipinski definition) is 4. The van der Waals surface area contributed by atoms with Crippen LogP contribution in [0.2, 0.25) is 0 Å². The molecule has 0 bridgehead atoms. The van der Waals surface area contributed by atoms with Gasteiger partial charge in [-0.1, -0.05) is 0 Å². The highest BCUT2D eigenvalue weighted by molar-refractivity contribution is 5.75. The lowest BCUT2D eigenvalue weighted by atomic mass is 10.2. The number of halogens is 1. The summed E-state index contributed by atoms with van der Waals surface area (Å²) in [6.45, 7) is 1.92. The van der Waals surface area contributed by atoms with Crippen molar-refractivity contribution in [1.82, 2.24) is 5.32 Å². The van der Waals surface area contributed by atoms with E-state index in [0.717, 1.165) is 6.07 Å². The van der Waals surface area contributed by atoms with E-state index < -0.39 is 11.9 Å². The van der Waals surface area contributed by atoms with Gasteiger partial charge in [-0.15, -0.1) is 0 Å². The fourth-order valence-electron chi connectivity index (χ4n) is 1.27. The summed E-state index contributed by atoms with van der Waals surface area (Å²) in [6.07, 6.45) is 0. The zero-order chi connectivity index (χ0) is 12.1. The third-order valence-electron chi connectivity index (χ3n) is 2.11. The highest BCUT2D eigenvalue weighted by Gasteiger charge is 2.11. The molecule has 0 spiro atoms. The topological polar surface area (TPSA) is 58.6 Å². The molecule has 0 saturated carbocycles. The molecule has 88 valence electrons. The van der Waals surface area contributed by atoms with Crippen LogP contribution in [0, 0.1) is 5.82 Å². The van der Waals surface area contributed by atoms with Gasteiger partial charge in [0.1, 0.15) is 17.6 Å². The normalized spacial score (nSPS) is 12.2. The van der Waals surface area contributed by atoms with Crippen LogP contribution in [-0.2, 0) is 16.1 Å². The summed E-state index contributed by atoms with van der Waals surface area (Å²) >= 11 is 0. The zero-order valence-electron chi connectivity index (χ0n) is 9.16. The minimum Gasteiger partial charge on any atom is -0.508 e. The molecule has 5 heteroatoms. The lowest BCUT2D eigenvalue weighted by Gasteiger charge is -2.11. The minimum absolute atomic E-state index is 0.137.